The summed E-state index contributed by atoms with van der Waals surface area (Å²) in [6, 6.07) is 0. The largest absolute Gasteiger partial charge is 0.415 e. The topological polar surface area (TPSA) is 82.0 Å². The number of carbonyl (C=O) groups excluding carboxylic acids is 1. The van der Waals surface area contributed by atoms with Gasteiger partial charge in [-0.15, -0.1) is 10.2 Å². The Balaban J connectivity index is 2.50. The van der Waals surface area contributed by atoms with Crippen LogP contribution in [0.15, 0.2) is 9.64 Å². The summed E-state index contributed by atoms with van der Waals surface area (Å²) in [6.45, 7) is 6.00. The summed E-state index contributed by atoms with van der Waals surface area (Å²) in [6.07, 6.45) is 0.317. The lowest BCUT2D eigenvalue weighted by Gasteiger charge is -2.10. The molecule has 1 rings (SSSR count). The van der Waals surface area contributed by atoms with Crippen LogP contribution in [0.1, 0.15) is 33.1 Å². The molecule has 0 aliphatic heterocycles. The van der Waals surface area contributed by atoms with Crippen molar-refractivity contribution in [2.75, 3.05) is 5.75 Å². The van der Waals surface area contributed by atoms with Crippen LogP contribution in [0.5, 0.6) is 0 Å². The number of hydrogen-bond acceptors (Lipinski definition) is 5. The number of thioether (sulfide) groups is 1. The molecule has 0 bridgehead atoms. The highest BCUT2D eigenvalue weighted by atomic mass is 32.2. The van der Waals surface area contributed by atoms with Gasteiger partial charge in [0.15, 0.2) is 0 Å². The van der Waals surface area contributed by atoms with E-state index in [1.54, 1.807) is 0 Å². The molecule has 0 radical (unpaired) electrons. The number of amides is 1. The lowest BCUT2D eigenvalue weighted by molar-refractivity contribution is -0.117. The molecule has 15 heavy (non-hydrogen) atoms. The predicted octanol–water partition coefficient (Wildman–Crippen LogP) is 1.33. The molecule has 0 atom stereocenters. The van der Waals surface area contributed by atoms with E-state index in [4.69, 9.17) is 10.2 Å². The van der Waals surface area contributed by atoms with Gasteiger partial charge < -0.3 is 10.2 Å². The number of hydrogen-bond donors (Lipinski definition) is 1. The fourth-order valence-corrected chi connectivity index (χ4v) is 1.52. The van der Waals surface area contributed by atoms with E-state index in [2.05, 4.69) is 10.2 Å². The maximum absolute atomic E-state index is 10.5. The zero-order chi connectivity index (χ0) is 11.5. The SMILES string of the molecule is CC(C)(C)c1nnc(SCCC(N)=O)o1. The normalized spacial score (nSPS) is 11.7. The lowest BCUT2D eigenvalue weighted by Crippen LogP contribution is -2.11. The first-order valence-corrected chi connectivity index (χ1v) is 5.63. The quantitative estimate of drug-likeness (QED) is 0.788. The van der Waals surface area contributed by atoms with E-state index in [1.807, 2.05) is 20.8 Å². The molecule has 0 saturated carbocycles. The van der Waals surface area contributed by atoms with Crippen LogP contribution in [0.4, 0.5) is 0 Å². The maximum atomic E-state index is 10.5. The van der Waals surface area contributed by atoms with Crippen molar-refractivity contribution in [2.45, 2.75) is 37.8 Å². The van der Waals surface area contributed by atoms with E-state index in [9.17, 15) is 4.79 Å². The Labute approximate surface area is 92.8 Å². The minimum Gasteiger partial charge on any atom is -0.415 e. The third kappa shape index (κ3) is 3.91. The zero-order valence-electron chi connectivity index (χ0n) is 9.11. The van der Waals surface area contributed by atoms with Crippen molar-refractivity contribution in [1.82, 2.24) is 10.2 Å². The Morgan fingerprint density at radius 2 is 2.13 bits per heavy atom. The lowest BCUT2D eigenvalue weighted by atomic mass is 9.97. The second kappa shape index (κ2) is 4.65. The highest BCUT2D eigenvalue weighted by Gasteiger charge is 2.21. The van der Waals surface area contributed by atoms with Gasteiger partial charge in [0.05, 0.1) is 0 Å². The third-order valence-electron chi connectivity index (χ3n) is 1.62. The molecule has 1 aromatic heterocycles. The fraction of sp³-hybridized carbons (Fsp3) is 0.667. The Hall–Kier alpha value is -1.04. The maximum Gasteiger partial charge on any atom is 0.276 e. The second-order valence-electron chi connectivity index (χ2n) is 4.19. The molecule has 0 saturated heterocycles. The van der Waals surface area contributed by atoms with Gasteiger partial charge in [-0.3, -0.25) is 4.79 Å². The van der Waals surface area contributed by atoms with Crippen molar-refractivity contribution < 1.29 is 9.21 Å². The van der Waals surface area contributed by atoms with E-state index in [1.165, 1.54) is 11.8 Å². The molecule has 2 N–H and O–H groups in total. The molecular formula is C9H15N3O2S. The average Bonchev–Trinajstić information content (AvgIpc) is 2.51. The summed E-state index contributed by atoms with van der Waals surface area (Å²) in [5, 5.41) is 8.29. The molecule has 5 nitrogen and oxygen atoms in total. The van der Waals surface area contributed by atoms with Gasteiger partial charge in [-0.25, -0.2) is 0 Å². The number of carbonyl (C=O) groups is 1. The molecule has 0 aliphatic carbocycles. The number of aromatic nitrogens is 2. The molecule has 0 fully saturated rings. The monoisotopic (exact) mass is 229 g/mol. The first-order chi connectivity index (χ1) is 6.89. The Bertz CT molecular complexity index is 343. The Morgan fingerprint density at radius 1 is 1.47 bits per heavy atom. The minimum atomic E-state index is -0.321. The van der Waals surface area contributed by atoms with Crippen molar-refractivity contribution in [3.8, 4) is 0 Å². The van der Waals surface area contributed by atoms with E-state index in [0.717, 1.165) is 0 Å². The summed E-state index contributed by atoms with van der Waals surface area (Å²) in [4.78, 5) is 10.5. The van der Waals surface area contributed by atoms with E-state index in [-0.39, 0.29) is 11.3 Å². The number of primary amides is 1. The molecule has 0 aromatic carbocycles. The first kappa shape index (κ1) is 12.0. The zero-order valence-corrected chi connectivity index (χ0v) is 9.93. The first-order valence-electron chi connectivity index (χ1n) is 4.64. The van der Waals surface area contributed by atoms with Crippen molar-refractivity contribution >= 4 is 17.7 Å². The van der Waals surface area contributed by atoms with Crippen molar-refractivity contribution in [3.05, 3.63) is 5.89 Å². The smallest absolute Gasteiger partial charge is 0.276 e. The van der Waals surface area contributed by atoms with Gasteiger partial charge in [0.25, 0.3) is 5.22 Å². The van der Waals surface area contributed by atoms with Gasteiger partial charge in [-0.1, -0.05) is 32.5 Å². The fourth-order valence-electron chi connectivity index (χ4n) is 0.810. The number of nitrogens with two attached hydrogens (primary N) is 1. The molecule has 1 aromatic rings. The van der Waals surface area contributed by atoms with Crippen molar-refractivity contribution in [3.63, 3.8) is 0 Å². The molecule has 1 amide bonds. The highest BCUT2D eigenvalue weighted by molar-refractivity contribution is 7.99. The van der Waals surface area contributed by atoms with E-state index >= 15 is 0 Å². The van der Waals surface area contributed by atoms with Gasteiger partial charge in [-0.2, -0.15) is 0 Å². The molecule has 1 heterocycles. The molecule has 6 heteroatoms. The van der Waals surface area contributed by atoms with Crippen LogP contribution in [-0.4, -0.2) is 21.9 Å². The van der Waals surface area contributed by atoms with Gasteiger partial charge in [0, 0.05) is 17.6 Å². The van der Waals surface area contributed by atoms with Crippen LogP contribution in [0, 0.1) is 0 Å². The Kier molecular flexibility index (Phi) is 3.73. The summed E-state index contributed by atoms with van der Waals surface area (Å²) < 4.78 is 5.42. The van der Waals surface area contributed by atoms with Crippen LogP contribution >= 0.6 is 11.8 Å². The van der Waals surface area contributed by atoms with E-state index < -0.39 is 0 Å². The highest BCUT2D eigenvalue weighted by Crippen LogP contribution is 2.24. The predicted molar refractivity (Wildman–Crippen MR) is 57.5 cm³/mol. The van der Waals surface area contributed by atoms with Crippen LogP contribution in [0.3, 0.4) is 0 Å². The molecule has 0 aliphatic rings. The van der Waals surface area contributed by atoms with Crippen LogP contribution in [0.2, 0.25) is 0 Å². The van der Waals surface area contributed by atoms with E-state index in [0.29, 0.717) is 23.3 Å². The summed E-state index contributed by atoms with van der Waals surface area (Å²) in [5.41, 5.74) is 4.87. The molecule has 84 valence electrons. The summed E-state index contributed by atoms with van der Waals surface area (Å²) in [7, 11) is 0. The van der Waals surface area contributed by atoms with Crippen LogP contribution < -0.4 is 5.73 Å². The summed E-state index contributed by atoms with van der Waals surface area (Å²) >= 11 is 1.34. The molecule has 0 unspecified atom stereocenters. The van der Waals surface area contributed by atoms with Gasteiger partial charge >= 0.3 is 0 Å². The third-order valence-corrected chi connectivity index (χ3v) is 2.44. The van der Waals surface area contributed by atoms with Crippen LogP contribution in [0.25, 0.3) is 0 Å². The second-order valence-corrected chi connectivity index (χ2v) is 5.23. The minimum absolute atomic E-state index is 0.143. The van der Waals surface area contributed by atoms with Gasteiger partial charge in [-0.05, 0) is 0 Å². The molecule has 0 spiro atoms. The standard InChI is InChI=1S/C9H15N3O2S/c1-9(2,3)7-11-12-8(14-7)15-5-4-6(10)13/h4-5H2,1-3H3,(H2,10,13). The average molecular weight is 229 g/mol. The number of nitrogens with zero attached hydrogens (tertiary/aromatic N) is 2. The Morgan fingerprint density at radius 3 is 2.60 bits per heavy atom. The van der Waals surface area contributed by atoms with Crippen molar-refractivity contribution in [2.24, 2.45) is 5.73 Å². The van der Waals surface area contributed by atoms with Gasteiger partial charge in [0.2, 0.25) is 11.8 Å². The van der Waals surface area contributed by atoms with Gasteiger partial charge in [0.1, 0.15) is 0 Å². The number of rotatable bonds is 4. The summed E-state index contributed by atoms with van der Waals surface area (Å²) in [5.74, 6) is 0.850. The molecular weight excluding hydrogens is 214 g/mol. The van der Waals surface area contributed by atoms with Crippen molar-refractivity contribution in [1.29, 1.82) is 0 Å². The van der Waals surface area contributed by atoms with Crippen LogP contribution in [-0.2, 0) is 10.2 Å².